The van der Waals surface area contributed by atoms with E-state index < -0.39 is 0 Å². The molecule has 19 heavy (non-hydrogen) atoms. The molecule has 0 aliphatic rings. The first-order valence-corrected chi connectivity index (χ1v) is 6.78. The highest BCUT2D eigenvalue weighted by molar-refractivity contribution is 5.57. The third kappa shape index (κ3) is 3.28. The Labute approximate surface area is 114 Å². The van der Waals surface area contributed by atoms with Crippen molar-refractivity contribution in [2.24, 2.45) is 0 Å². The minimum Gasteiger partial charge on any atom is -0.370 e. The number of hydrogen-bond acceptors (Lipinski definition) is 4. The van der Waals surface area contributed by atoms with Gasteiger partial charge in [-0.3, -0.25) is 4.98 Å². The van der Waals surface area contributed by atoms with Crippen LogP contribution in [0.4, 0.5) is 5.82 Å². The van der Waals surface area contributed by atoms with Crippen LogP contribution in [0.3, 0.4) is 0 Å². The average molecular weight is 256 g/mol. The second-order valence-electron chi connectivity index (χ2n) is 4.51. The maximum absolute atomic E-state index is 4.57. The van der Waals surface area contributed by atoms with Crippen LogP contribution < -0.4 is 5.32 Å². The number of anilines is 1. The molecule has 0 bridgehead atoms. The second-order valence-corrected chi connectivity index (χ2v) is 4.51. The molecule has 2 rings (SSSR count). The fourth-order valence-electron chi connectivity index (χ4n) is 1.94. The Morgan fingerprint density at radius 2 is 2.05 bits per heavy atom. The molecule has 4 heteroatoms. The lowest BCUT2D eigenvalue weighted by atomic mass is 10.1. The van der Waals surface area contributed by atoms with Crippen LogP contribution in [0.1, 0.15) is 31.5 Å². The molecule has 2 aromatic rings. The van der Waals surface area contributed by atoms with Crippen LogP contribution in [0.2, 0.25) is 0 Å². The maximum atomic E-state index is 4.57. The number of pyridine rings is 1. The van der Waals surface area contributed by atoms with Crippen LogP contribution in [0.5, 0.6) is 0 Å². The highest BCUT2D eigenvalue weighted by atomic mass is 15.0. The third-order valence-electron chi connectivity index (χ3n) is 2.89. The molecule has 0 atom stereocenters. The summed E-state index contributed by atoms with van der Waals surface area (Å²) in [6.07, 6.45) is 3.79. The molecule has 2 heterocycles. The van der Waals surface area contributed by atoms with Gasteiger partial charge in [-0.2, -0.15) is 0 Å². The molecular formula is C15H20N4. The predicted molar refractivity (Wildman–Crippen MR) is 78.2 cm³/mol. The molecule has 0 spiro atoms. The van der Waals surface area contributed by atoms with Gasteiger partial charge in [0.25, 0.3) is 0 Å². The van der Waals surface area contributed by atoms with E-state index in [0.717, 1.165) is 36.6 Å². The monoisotopic (exact) mass is 256 g/mol. The van der Waals surface area contributed by atoms with Gasteiger partial charge in [0, 0.05) is 24.5 Å². The van der Waals surface area contributed by atoms with E-state index in [-0.39, 0.29) is 0 Å². The van der Waals surface area contributed by atoms with E-state index in [1.807, 2.05) is 19.1 Å². The van der Waals surface area contributed by atoms with Gasteiger partial charge < -0.3 is 5.32 Å². The normalized spacial score (nSPS) is 10.5. The molecule has 4 nitrogen and oxygen atoms in total. The Bertz CT molecular complexity index is 552. The SMILES string of the molecule is CCCNc1cc(C)nc(-c2ncccc2CC)n1. The van der Waals surface area contributed by atoms with Gasteiger partial charge >= 0.3 is 0 Å². The molecule has 2 aromatic heterocycles. The summed E-state index contributed by atoms with van der Waals surface area (Å²) in [6.45, 7) is 7.15. The minimum atomic E-state index is 0.705. The van der Waals surface area contributed by atoms with E-state index in [4.69, 9.17) is 0 Å². The van der Waals surface area contributed by atoms with Crippen molar-refractivity contribution in [1.82, 2.24) is 15.0 Å². The van der Waals surface area contributed by atoms with Crippen LogP contribution in [0, 0.1) is 6.92 Å². The van der Waals surface area contributed by atoms with E-state index in [2.05, 4.69) is 40.2 Å². The predicted octanol–water partition coefficient (Wildman–Crippen LogP) is 3.23. The van der Waals surface area contributed by atoms with E-state index in [1.54, 1.807) is 6.20 Å². The fourth-order valence-corrected chi connectivity index (χ4v) is 1.94. The highest BCUT2D eigenvalue weighted by Crippen LogP contribution is 2.20. The number of nitrogens with zero attached hydrogens (tertiary/aromatic N) is 3. The van der Waals surface area contributed by atoms with Crippen molar-refractivity contribution >= 4 is 5.82 Å². The Kier molecular flexibility index (Phi) is 4.44. The molecule has 0 radical (unpaired) electrons. The quantitative estimate of drug-likeness (QED) is 0.892. The molecule has 0 aliphatic carbocycles. The lowest BCUT2D eigenvalue weighted by Crippen LogP contribution is -2.05. The Morgan fingerprint density at radius 3 is 2.79 bits per heavy atom. The van der Waals surface area contributed by atoms with E-state index >= 15 is 0 Å². The van der Waals surface area contributed by atoms with Crippen molar-refractivity contribution in [1.29, 1.82) is 0 Å². The summed E-state index contributed by atoms with van der Waals surface area (Å²) in [5.74, 6) is 1.58. The lowest BCUT2D eigenvalue weighted by Gasteiger charge is -2.09. The molecule has 1 N–H and O–H groups in total. The van der Waals surface area contributed by atoms with Gasteiger partial charge in [0.05, 0.1) is 0 Å². The first-order valence-electron chi connectivity index (χ1n) is 6.78. The molecule has 0 unspecified atom stereocenters. The Morgan fingerprint density at radius 1 is 1.21 bits per heavy atom. The number of aromatic nitrogens is 3. The Balaban J connectivity index is 2.41. The van der Waals surface area contributed by atoms with Gasteiger partial charge in [-0.1, -0.05) is 19.9 Å². The molecule has 0 fully saturated rings. The van der Waals surface area contributed by atoms with Crippen molar-refractivity contribution in [3.05, 3.63) is 35.7 Å². The van der Waals surface area contributed by atoms with Crippen LogP contribution in [0.25, 0.3) is 11.5 Å². The molecule has 100 valence electrons. The largest absolute Gasteiger partial charge is 0.370 e. The van der Waals surface area contributed by atoms with Crippen molar-refractivity contribution in [3.8, 4) is 11.5 Å². The van der Waals surface area contributed by atoms with Crippen molar-refractivity contribution in [3.63, 3.8) is 0 Å². The van der Waals surface area contributed by atoms with Crippen LogP contribution in [-0.4, -0.2) is 21.5 Å². The van der Waals surface area contributed by atoms with Gasteiger partial charge in [-0.25, -0.2) is 9.97 Å². The fraction of sp³-hybridized carbons (Fsp3) is 0.400. The highest BCUT2D eigenvalue weighted by Gasteiger charge is 2.09. The molecular weight excluding hydrogens is 236 g/mol. The third-order valence-corrected chi connectivity index (χ3v) is 2.89. The van der Waals surface area contributed by atoms with Gasteiger partial charge in [0.2, 0.25) is 0 Å². The zero-order valence-electron chi connectivity index (χ0n) is 11.8. The van der Waals surface area contributed by atoms with Gasteiger partial charge in [-0.05, 0) is 31.4 Å². The molecule has 0 saturated heterocycles. The summed E-state index contributed by atoms with van der Waals surface area (Å²) in [6, 6.07) is 6.00. The summed E-state index contributed by atoms with van der Waals surface area (Å²) in [4.78, 5) is 13.5. The van der Waals surface area contributed by atoms with E-state index in [9.17, 15) is 0 Å². The van der Waals surface area contributed by atoms with Crippen LogP contribution in [-0.2, 0) is 6.42 Å². The second kappa shape index (κ2) is 6.27. The Hall–Kier alpha value is -1.97. The number of hydrogen-bond donors (Lipinski definition) is 1. The molecule has 0 aliphatic heterocycles. The maximum Gasteiger partial charge on any atom is 0.180 e. The molecule has 0 amide bonds. The number of rotatable bonds is 5. The first kappa shape index (κ1) is 13.5. The first-order chi connectivity index (χ1) is 9.24. The standard InChI is InChI=1S/C15H20N4/c1-4-8-16-13-10-11(3)18-15(19-13)14-12(5-2)7-6-9-17-14/h6-7,9-10H,4-5,8H2,1-3H3,(H,16,18,19). The average Bonchev–Trinajstić information content (AvgIpc) is 2.44. The smallest absolute Gasteiger partial charge is 0.180 e. The van der Waals surface area contributed by atoms with Crippen molar-refractivity contribution in [2.45, 2.75) is 33.6 Å². The summed E-state index contributed by atoms with van der Waals surface area (Å²) >= 11 is 0. The summed E-state index contributed by atoms with van der Waals surface area (Å²) < 4.78 is 0. The minimum absolute atomic E-state index is 0.705. The van der Waals surface area contributed by atoms with E-state index in [1.165, 1.54) is 5.56 Å². The van der Waals surface area contributed by atoms with Gasteiger partial charge in [0.1, 0.15) is 11.5 Å². The summed E-state index contributed by atoms with van der Waals surface area (Å²) in [5.41, 5.74) is 3.01. The summed E-state index contributed by atoms with van der Waals surface area (Å²) in [7, 11) is 0. The van der Waals surface area contributed by atoms with Crippen LogP contribution >= 0.6 is 0 Å². The van der Waals surface area contributed by atoms with Gasteiger partial charge in [-0.15, -0.1) is 0 Å². The number of aryl methyl sites for hydroxylation is 2. The van der Waals surface area contributed by atoms with E-state index in [0.29, 0.717) is 5.82 Å². The van der Waals surface area contributed by atoms with Crippen molar-refractivity contribution < 1.29 is 0 Å². The summed E-state index contributed by atoms with van der Waals surface area (Å²) in [5, 5.41) is 3.30. The zero-order chi connectivity index (χ0) is 13.7. The molecule has 0 aromatic carbocycles. The zero-order valence-corrected chi connectivity index (χ0v) is 11.8. The lowest BCUT2D eigenvalue weighted by molar-refractivity contribution is 0.959. The topological polar surface area (TPSA) is 50.7 Å². The number of nitrogens with one attached hydrogen (secondary N) is 1. The van der Waals surface area contributed by atoms with Crippen LogP contribution in [0.15, 0.2) is 24.4 Å². The van der Waals surface area contributed by atoms with Crippen molar-refractivity contribution in [2.75, 3.05) is 11.9 Å². The van der Waals surface area contributed by atoms with Gasteiger partial charge in [0.15, 0.2) is 5.82 Å². The molecule has 0 saturated carbocycles.